The van der Waals surface area contributed by atoms with E-state index < -0.39 is 6.04 Å². The smallest absolute Gasteiger partial charge is 0.174 e. The molecule has 0 rings (SSSR count). The molecule has 0 spiro atoms. The van der Waals surface area contributed by atoms with E-state index in [-0.39, 0.29) is 12.4 Å². The van der Waals surface area contributed by atoms with Gasteiger partial charge in [0.25, 0.3) is 0 Å². The molecule has 0 aromatic carbocycles. The van der Waals surface area contributed by atoms with Gasteiger partial charge in [0.1, 0.15) is 6.61 Å². The Kier molecular flexibility index (Phi) is 5.16. The fraction of sp³-hybridized carbons (Fsp3) is 0.857. The Hall–Kier alpha value is -0.410. The summed E-state index contributed by atoms with van der Waals surface area (Å²) in [5, 5.41) is 0. The summed E-state index contributed by atoms with van der Waals surface area (Å²) in [7, 11) is 0. The molecular weight excluding hydrogens is 130 g/mol. The van der Waals surface area contributed by atoms with Crippen LogP contribution in [0, 0.1) is 0 Å². The summed E-state index contributed by atoms with van der Waals surface area (Å²) >= 11 is 0. The molecule has 0 fully saturated rings. The summed E-state index contributed by atoms with van der Waals surface area (Å²) in [5.41, 5.74) is 5.29. The number of carbonyl (C=O) groups is 1. The van der Waals surface area contributed by atoms with E-state index in [1.165, 1.54) is 0 Å². The van der Waals surface area contributed by atoms with E-state index in [0.29, 0.717) is 6.61 Å². The van der Waals surface area contributed by atoms with Crippen LogP contribution in [0.3, 0.4) is 0 Å². The summed E-state index contributed by atoms with van der Waals surface area (Å²) in [4.78, 5) is 10.8. The summed E-state index contributed by atoms with van der Waals surface area (Å²) in [5.74, 6) is -0.0338. The predicted molar refractivity (Wildman–Crippen MR) is 39.8 cm³/mol. The summed E-state index contributed by atoms with van der Waals surface area (Å²) < 4.78 is 4.98. The van der Waals surface area contributed by atoms with E-state index in [1.807, 2.05) is 6.92 Å². The van der Waals surface area contributed by atoms with Gasteiger partial charge >= 0.3 is 0 Å². The maximum absolute atomic E-state index is 10.8. The third kappa shape index (κ3) is 4.47. The maximum atomic E-state index is 10.8. The lowest BCUT2D eigenvalue weighted by Gasteiger charge is -2.03. The average Bonchev–Trinajstić information content (AvgIpc) is 1.88. The van der Waals surface area contributed by atoms with E-state index in [1.54, 1.807) is 6.92 Å². The fourth-order valence-electron chi connectivity index (χ4n) is 0.449. The van der Waals surface area contributed by atoms with Crippen LogP contribution in [-0.2, 0) is 9.53 Å². The highest BCUT2D eigenvalue weighted by Gasteiger charge is 2.05. The van der Waals surface area contributed by atoms with Crippen LogP contribution in [0.1, 0.15) is 20.3 Å². The number of ketones is 1. The first kappa shape index (κ1) is 9.59. The molecule has 0 aliphatic heterocycles. The van der Waals surface area contributed by atoms with E-state index in [4.69, 9.17) is 10.5 Å². The van der Waals surface area contributed by atoms with Gasteiger partial charge in [0.2, 0.25) is 0 Å². The maximum Gasteiger partial charge on any atom is 0.174 e. The molecule has 3 nitrogen and oxygen atoms in total. The van der Waals surface area contributed by atoms with Crippen molar-refractivity contribution in [3.63, 3.8) is 0 Å². The van der Waals surface area contributed by atoms with Crippen LogP contribution < -0.4 is 5.73 Å². The molecule has 0 saturated carbocycles. The minimum absolute atomic E-state index is 0.0338. The first-order chi connectivity index (χ1) is 4.68. The van der Waals surface area contributed by atoms with Crippen LogP contribution in [0.2, 0.25) is 0 Å². The lowest BCUT2D eigenvalue weighted by Crippen LogP contribution is -2.30. The molecule has 2 N–H and O–H groups in total. The molecule has 0 aromatic heterocycles. The van der Waals surface area contributed by atoms with Crippen molar-refractivity contribution in [2.45, 2.75) is 26.3 Å². The summed E-state index contributed by atoms with van der Waals surface area (Å²) in [6, 6.07) is -0.392. The van der Waals surface area contributed by atoms with Crippen LogP contribution in [0.5, 0.6) is 0 Å². The highest BCUT2D eigenvalue weighted by molar-refractivity contribution is 5.84. The largest absolute Gasteiger partial charge is 0.374 e. The van der Waals surface area contributed by atoms with Crippen molar-refractivity contribution in [1.29, 1.82) is 0 Å². The molecular formula is C7H15NO2. The van der Waals surface area contributed by atoms with Gasteiger partial charge in [-0.1, -0.05) is 6.92 Å². The van der Waals surface area contributed by atoms with Gasteiger partial charge in [-0.15, -0.1) is 0 Å². The van der Waals surface area contributed by atoms with Crippen molar-refractivity contribution < 1.29 is 9.53 Å². The topological polar surface area (TPSA) is 52.3 Å². The standard InChI is InChI=1S/C7H15NO2/c1-3-4-10-5-7(9)6(2)8/h6H,3-5,8H2,1-2H3. The molecule has 1 unspecified atom stereocenters. The molecule has 0 saturated heterocycles. The van der Waals surface area contributed by atoms with Crippen molar-refractivity contribution in [3.8, 4) is 0 Å². The van der Waals surface area contributed by atoms with Crippen molar-refractivity contribution >= 4 is 5.78 Å². The Labute approximate surface area is 61.5 Å². The molecule has 0 amide bonds. The SMILES string of the molecule is CCCOCC(=O)C(C)N. The molecule has 0 radical (unpaired) electrons. The summed E-state index contributed by atoms with van der Waals surface area (Å²) in [6.07, 6.45) is 0.937. The van der Waals surface area contributed by atoms with Crippen LogP contribution in [0.15, 0.2) is 0 Å². The zero-order valence-corrected chi connectivity index (χ0v) is 6.59. The highest BCUT2D eigenvalue weighted by atomic mass is 16.5. The van der Waals surface area contributed by atoms with Gasteiger partial charge in [-0.2, -0.15) is 0 Å². The molecule has 3 heteroatoms. The van der Waals surface area contributed by atoms with Crippen molar-refractivity contribution in [1.82, 2.24) is 0 Å². The highest BCUT2D eigenvalue weighted by Crippen LogP contribution is 1.84. The van der Waals surface area contributed by atoms with E-state index in [0.717, 1.165) is 6.42 Å². The second-order valence-electron chi connectivity index (χ2n) is 2.31. The zero-order valence-electron chi connectivity index (χ0n) is 6.59. The Balaban J connectivity index is 3.22. The van der Waals surface area contributed by atoms with Gasteiger partial charge in [0, 0.05) is 6.61 Å². The number of carbonyl (C=O) groups excluding carboxylic acids is 1. The number of hydrogen-bond donors (Lipinski definition) is 1. The third-order valence-electron chi connectivity index (χ3n) is 1.10. The molecule has 10 heavy (non-hydrogen) atoms. The van der Waals surface area contributed by atoms with E-state index in [9.17, 15) is 4.79 Å². The molecule has 1 atom stereocenters. The quantitative estimate of drug-likeness (QED) is 0.567. The molecule has 0 aliphatic rings. The third-order valence-corrected chi connectivity index (χ3v) is 1.10. The Morgan fingerprint density at radius 3 is 2.70 bits per heavy atom. The Bertz CT molecular complexity index is 102. The average molecular weight is 145 g/mol. The predicted octanol–water partition coefficient (Wildman–Crippen LogP) is 0.329. The number of rotatable bonds is 5. The number of ether oxygens (including phenoxy) is 1. The van der Waals surface area contributed by atoms with Gasteiger partial charge in [-0.25, -0.2) is 0 Å². The van der Waals surface area contributed by atoms with Gasteiger partial charge in [0.15, 0.2) is 5.78 Å². The normalized spacial score (nSPS) is 13.1. The zero-order chi connectivity index (χ0) is 7.98. The van der Waals surface area contributed by atoms with Crippen LogP contribution in [0.4, 0.5) is 0 Å². The molecule has 0 aromatic rings. The van der Waals surface area contributed by atoms with Crippen LogP contribution in [-0.4, -0.2) is 25.0 Å². The van der Waals surface area contributed by atoms with E-state index >= 15 is 0 Å². The van der Waals surface area contributed by atoms with Gasteiger partial charge < -0.3 is 10.5 Å². The second-order valence-corrected chi connectivity index (χ2v) is 2.31. The molecule has 0 aliphatic carbocycles. The van der Waals surface area contributed by atoms with Gasteiger partial charge in [-0.3, -0.25) is 4.79 Å². The Morgan fingerprint density at radius 2 is 2.30 bits per heavy atom. The Morgan fingerprint density at radius 1 is 1.70 bits per heavy atom. The van der Waals surface area contributed by atoms with Crippen LogP contribution >= 0.6 is 0 Å². The van der Waals surface area contributed by atoms with Gasteiger partial charge in [-0.05, 0) is 13.3 Å². The molecule has 0 heterocycles. The number of Topliss-reactive ketones (excluding diaryl/α,β-unsaturated/α-hetero) is 1. The monoisotopic (exact) mass is 145 g/mol. The summed E-state index contributed by atoms with van der Waals surface area (Å²) in [6.45, 7) is 4.46. The van der Waals surface area contributed by atoms with Crippen LogP contribution in [0.25, 0.3) is 0 Å². The lowest BCUT2D eigenvalue weighted by atomic mass is 10.2. The minimum Gasteiger partial charge on any atom is -0.374 e. The molecule has 60 valence electrons. The minimum atomic E-state index is -0.392. The number of hydrogen-bond acceptors (Lipinski definition) is 3. The van der Waals surface area contributed by atoms with Crippen molar-refractivity contribution in [2.24, 2.45) is 5.73 Å². The van der Waals surface area contributed by atoms with Crippen molar-refractivity contribution in [3.05, 3.63) is 0 Å². The second kappa shape index (κ2) is 5.38. The van der Waals surface area contributed by atoms with Crippen molar-refractivity contribution in [2.75, 3.05) is 13.2 Å². The molecule has 0 bridgehead atoms. The number of nitrogens with two attached hydrogens (primary N) is 1. The first-order valence-corrected chi connectivity index (χ1v) is 3.54. The first-order valence-electron chi connectivity index (χ1n) is 3.54. The fourth-order valence-corrected chi connectivity index (χ4v) is 0.449. The van der Waals surface area contributed by atoms with Gasteiger partial charge in [0.05, 0.1) is 6.04 Å². The lowest BCUT2D eigenvalue weighted by molar-refractivity contribution is -0.124. The van der Waals surface area contributed by atoms with E-state index in [2.05, 4.69) is 0 Å².